The summed E-state index contributed by atoms with van der Waals surface area (Å²) in [6.07, 6.45) is 2.00. The first kappa shape index (κ1) is 23.0. The van der Waals surface area contributed by atoms with Crippen molar-refractivity contribution < 1.29 is 4.42 Å². The highest BCUT2D eigenvalue weighted by atomic mass is 16.3. The first-order valence-electron chi connectivity index (χ1n) is 13.8. The number of hydrogen-bond acceptors (Lipinski definition) is 3. The molecule has 0 radical (unpaired) electrons. The number of nitrogens with zero attached hydrogens (tertiary/aromatic N) is 1. The summed E-state index contributed by atoms with van der Waals surface area (Å²) in [6, 6.07) is 40.7. The topological polar surface area (TPSA) is 37.5 Å². The molecule has 3 nitrogen and oxygen atoms in total. The molecule has 0 fully saturated rings. The number of fused-ring (bicyclic) bond motifs is 6. The van der Waals surface area contributed by atoms with Crippen molar-refractivity contribution in [3.8, 4) is 11.1 Å². The molecule has 1 aliphatic heterocycles. The van der Waals surface area contributed by atoms with Crippen molar-refractivity contribution in [3.63, 3.8) is 0 Å². The van der Waals surface area contributed by atoms with Crippen LogP contribution in [0.15, 0.2) is 131 Å². The van der Waals surface area contributed by atoms with E-state index in [2.05, 4.69) is 116 Å². The Bertz CT molecular complexity index is 2010. The van der Waals surface area contributed by atoms with E-state index >= 15 is 0 Å². The molecule has 2 aliphatic rings. The maximum absolute atomic E-state index is 6.23. The molecule has 1 unspecified atom stereocenters. The second-order valence-electron chi connectivity index (χ2n) is 11.2. The molecule has 8 rings (SSSR count). The van der Waals surface area contributed by atoms with Crippen LogP contribution in [0.2, 0.25) is 0 Å². The van der Waals surface area contributed by atoms with Crippen molar-refractivity contribution >= 4 is 33.3 Å². The zero-order valence-corrected chi connectivity index (χ0v) is 22.5. The highest BCUT2D eigenvalue weighted by Crippen LogP contribution is 2.49. The van der Waals surface area contributed by atoms with Gasteiger partial charge in [-0.15, -0.1) is 0 Å². The van der Waals surface area contributed by atoms with Crippen LogP contribution < -0.4 is 5.32 Å². The molecule has 0 saturated carbocycles. The Labute approximate surface area is 233 Å². The van der Waals surface area contributed by atoms with E-state index in [1.54, 1.807) is 0 Å². The summed E-state index contributed by atoms with van der Waals surface area (Å²) in [6.45, 7) is 4.65. The molecule has 40 heavy (non-hydrogen) atoms. The Balaban J connectivity index is 1.32. The van der Waals surface area contributed by atoms with Gasteiger partial charge in [0.05, 0.1) is 5.71 Å². The smallest absolute Gasteiger partial charge is 0.145 e. The van der Waals surface area contributed by atoms with Crippen molar-refractivity contribution in [3.05, 3.63) is 149 Å². The number of aliphatic imine (C=N–C) groups is 1. The lowest BCUT2D eigenvalue weighted by Gasteiger charge is -2.26. The third-order valence-electron chi connectivity index (χ3n) is 8.53. The minimum Gasteiger partial charge on any atom is -0.456 e. The summed E-state index contributed by atoms with van der Waals surface area (Å²) in [7, 11) is 0. The third kappa shape index (κ3) is 3.41. The Morgan fingerprint density at radius 2 is 1.40 bits per heavy atom. The van der Waals surface area contributed by atoms with Gasteiger partial charge in [0.2, 0.25) is 0 Å². The van der Waals surface area contributed by atoms with Gasteiger partial charge in [0.25, 0.3) is 0 Å². The van der Waals surface area contributed by atoms with E-state index in [1.807, 2.05) is 24.3 Å². The van der Waals surface area contributed by atoms with Gasteiger partial charge in [-0.1, -0.05) is 111 Å². The Hall–Kier alpha value is -4.89. The zero-order chi connectivity index (χ0) is 26.8. The van der Waals surface area contributed by atoms with Gasteiger partial charge >= 0.3 is 0 Å². The SMILES string of the molecule is CC1(C)c2ccccc2-c2ccc(C3=NC(c4ccccc4)NC(c4cccc5oc6ccccc6c45)=C3)cc21. The summed E-state index contributed by atoms with van der Waals surface area (Å²) >= 11 is 0. The van der Waals surface area contributed by atoms with E-state index < -0.39 is 0 Å². The summed E-state index contributed by atoms with van der Waals surface area (Å²) in [5.41, 5.74) is 12.5. The molecule has 192 valence electrons. The van der Waals surface area contributed by atoms with Crippen molar-refractivity contribution in [2.45, 2.75) is 25.4 Å². The fraction of sp³-hybridized carbons (Fsp3) is 0.108. The average molecular weight is 517 g/mol. The highest BCUT2D eigenvalue weighted by molar-refractivity contribution is 6.16. The quantitative estimate of drug-likeness (QED) is 0.255. The van der Waals surface area contributed by atoms with Crippen molar-refractivity contribution in [2.75, 3.05) is 0 Å². The highest BCUT2D eigenvalue weighted by Gasteiger charge is 2.35. The number of benzene rings is 5. The van der Waals surface area contributed by atoms with Crippen molar-refractivity contribution in [1.82, 2.24) is 5.32 Å². The Morgan fingerprint density at radius 3 is 2.30 bits per heavy atom. The fourth-order valence-corrected chi connectivity index (χ4v) is 6.50. The van der Waals surface area contributed by atoms with Gasteiger partial charge in [0.15, 0.2) is 0 Å². The van der Waals surface area contributed by atoms with Gasteiger partial charge < -0.3 is 9.73 Å². The van der Waals surface area contributed by atoms with Gasteiger partial charge in [0.1, 0.15) is 17.3 Å². The van der Waals surface area contributed by atoms with Crippen molar-refractivity contribution in [2.24, 2.45) is 4.99 Å². The first-order chi connectivity index (χ1) is 19.6. The molecule has 1 aliphatic carbocycles. The monoisotopic (exact) mass is 516 g/mol. The molecule has 3 heteroatoms. The lowest BCUT2D eigenvalue weighted by molar-refractivity contribution is 0.658. The number of nitrogens with one attached hydrogen (secondary N) is 1. The third-order valence-corrected chi connectivity index (χ3v) is 8.53. The molecule has 0 amide bonds. The molecule has 2 heterocycles. The molecular weight excluding hydrogens is 488 g/mol. The van der Waals surface area contributed by atoms with Crippen LogP contribution >= 0.6 is 0 Å². The molecule has 0 saturated heterocycles. The van der Waals surface area contributed by atoms with Gasteiger partial charge in [-0.3, -0.25) is 4.99 Å². The van der Waals surface area contributed by atoms with Gasteiger partial charge in [-0.2, -0.15) is 0 Å². The van der Waals surface area contributed by atoms with Gasteiger partial charge in [-0.25, -0.2) is 0 Å². The standard InChI is InChI=1S/C37H28N2O/c1-37(2)29-16-8-6-13-25(29)26-20-19-24(21-30(26)37)31-22-32(39-36(38-31)23-11-4-3-5-12-23)27-15-10-18-34-35(27)28-14-7-9-17-33(28)40-34/h3-22,36,39H,1-2H3. The summed E-state index contributed by atoms with van der Waals surface area (Å²) in [4.78, 5) is 5.26. The van der Waals surface area contributed by atoms with E-state index in [4.69, 9.17) is 9.41 Å². The van der Waals surface area contributed by atoms with E-state index in [-0.39, 0.29) is 11.6 Å². The van der Waals surface area contributed by atoms with Crippen LogP contribution in [-0.2, 0) is 5.41 Å². The van der Waals surface area contributed by atoms with Crippen LogP contribution in [0.3, 0.4) is 0 Å². The molecule has 0 bridgehead atoms. The molecule has 1 N–H and O–H groups in total. The summed E-state index contributed by atoms with van der Waals surface area (Å²) in [5, 5.41) is 5.99. The van der Waals surface area contributed by atoms with E-state index in [9.17, 15) is 0 Å². The normalized spacial score (nSPS) is 17.2. The van der Waals surface area contributed by atoms with Crippen LogP contribution in [0, 0.1) is 0 Å². The summed E-state index contributed by atoms with van der Waals surface area (Å²) in [5.74, 6) is 0. The predicted molar refractivity (Wildman–Crippen MR) is 165 cm³/mol. The van der Waals surface area contributed by atoms with Crippen molar-refractivity contribution in [1.29, 1.82) is 0 Å². The number of rotatable bonds is 3. The van der Waals surface area contributed by atoms with Gasteiger partial charge in [0, 0.05) is 33.0 Å². The Kier molecular flexibility index (Phi) is 4.93. The van der Waals surface area contributed by atoms with E-state index in [0.717, 1.165) is 50.0 Å². The van der Waals surface area contributed by atoms with Crippen LogP contribution in [0.5, 0.6) is 0 Å². The largest absolute Gasteiger partial charge is 0.456 e. The zero-order valence-electron chi connectivity index (χ0n) is 22.5. The number of hydrogen-bond donors (Lipinski definition) is 1. The molecule has 5 aromatic carbocycles. The second-order valence-corrected chi connectivity index (χ2v) is 11.2. The maximum Gasteiger partial charge on any atom is 0.145 e. The molecular formula is C37H28N2O. The van der Waals surface area contributed by atoms with E-state index in [0.29, 0.717) is 0 Å². The van der Waals surface area contributed by atoms with Crippen LogP contribution in [0.1, 0.15) is 47.8 Å². The summed E-state index contributed by atoms with van der Waals surface area (Å²) < 4.78 is 6.23. The van der Waals surface area contributed by atoms with Crippen LogP contribution in [-0.4, -0.2) is 5.71 Å². The minimum atomic E-state index is -0.205. The van der Waals surface area contributed by atoms with Gasteiger partial charge in [-0.05, 0) is 52.1 Å². The first-order valence-corrected chi connectivity index (χ1v) is 13.8. The average Bonchev–Trinajstić information content (AvgIpc) is 3.50. The molecule has 1 aromatic heterocycles. The van der Waals surface area contributed by atoms with E-state index in [1.165, 1.54) is 22.3 Å². The predicted octanol–water partition coefficient (Wildman–Crippen LogP) is 9.02. The fourth-order valence-electron chi connectivity index (χ4n) is 6.50. The number of para-hydroxylation sites is 1. The molecule has 0 spiro atoms. The lowest BCUT2D eigenvalue weighted by Crippen LogP contribution is -2.25. The Morgan fingerprint density at radius 1 is 0.675 bits per heavy atom. The molecule has 6 aromatic rings. The number of furan rings is 1. The minimum absolute atomic E-state index is 0.0674. The van der Waals surface area contributed by atoms with Crippen LogP contribution in [0.4, 0.5) is 0 Å². The number of allylic oxidation sites excluding steroid dienone is 1. The molecule has 1 atom stereocenters. The maximum atomic E-state index is 6.23. The second kappa shape index (κ2) is 8.56. The van der Waals surface area contributed by atoms with Crippen LogP contribution in [0.25, 0.3) is 38.8 Å². The lowest BCUT2D eigenvalue weighted by atomic mass is 9.81.